The Kier molecular flexibility index (Phi) is 6.76. The van der Waals surface area contributed by atoms with E-state index in [0.29, 0.717) is 6.54 Å². The number of anilines is 2. The fourth-order valence-electron chi connectivity index (χ4n) is 5.61. The molecule has 0 saturated heterocycles. The number of aryl methyl sites for hydroxylation is 1. The van der Waals surface area contributed by atoms with Gasteiger partial charge in [-0.15, -0.1) is 0 Å². The molecule has 3 aromatic rings. The van der Waals surface area contributed by atoms with Crippen LogP contribution in [0.2, 0.25) is 0 Å². The molecule has 0 fully saturated rings. The molecule has 0 aromatic heterocycles. The predicted molar refractivity (Wildman–Crippen MR) is 141 cm³/mol. The molecule has 2 aliphatic heterocycles. The summed E-state index contributed by atoms with van der Waals surface area (Å²) in [6.07, 6.45) is 4.01. The Morgan fingerprint density at radius 2 is 1.51 bits per heavy atom. The first-order valence-electron chi connectivity index (χ1n) is 12.8. The first kappa shape index (κ1) is 23.4. The van der Waals surface area contributed by atoms with Crippen molar-refractivity contribution < 1.29 is 9.18 Å². The molecule has 0 radical (unpaired) electrons. The average molecular weight is 472 g/mol. The Morgan fingerprint density at radius 1 is 0.943 bits per heavy atom. The van der Waals surface area contributed by atoms with Crippen LogP contribution in [0.25, 0.3) is 0 Å². The van der Waals surface area contributed by atoms with Crippen molar-refractivity contribution >= 4 is 17.4 Å². The van der Waals surface area contributed by atoms with E-state index in [2.05, 4.69) is 65.8 Å². The second-order valence-corrected chi connectivity index (χ2v) is 9.87. The van der Waals surface area contributed by atoms with Crippen LogP contribution in [0, 0.1) is 12.7 Å². The number of urea groups is 1. The second-order valence-electron chi connectivity index (χ2n) is 9.87. The number of amides is 2. The number of carbonyl (C=O) groups is 1. The third-order valence-corrected chi connectivity index (χ3v) is 7.44. The van der Waals surface area contributed by atoms with Gasteiger partial charge in [0.05, 0.1) is 0 Å². The van der Waals surface area contributed by atoms with Crippen molar-refractivity contribution in [3.63, 3.8) is 0 Å². The molecule has 2 amide bonds. The summed E-state index contributed by atoms with van der Waals surface area (Å²) in [5, 5.41) is 6.07. The highest BCUT2D eigenvalue weighted by Crippen LogP contribution is 2.49. The quantitative estimate of drug-likeness (QED) is 0.383. The molecule has 5 heteroatoms. The maximum absolute atomic E-state index is 13.7. The molecule has 182 valence electrons. The minimum Gasteiger partial charge on any atom is -0.371 e. The lowest BCUT2D eigenvalue weighted by Crippen LogP contribution is -2.38. The average Bonchev–Trinajstić information content (AvgIpc) is 2.86. The Bertz CT molecular complexity index is 1110. The van der Waals surface area contributed by atoms with Crippen LogP contribution in [0.1, 0.15) is 72.3 Å². The van der Waals surface area contributed by atoms with E-state index < -0.39 is 0 Å². The van der Waals surface area contributed by atoms with Gasteiger partial charge in [-0.1, -0.05) is 55.3 Å². The zero-order chi connectivity index (χ0) is 24.4. The molecule has 0 aliphatic carbocycles. The van der Waals surface area contributed by atoms with Crippen LogP contribution in [-0.2, 0) is 0 Å². The van der Waals surface area contributed by atoms with E-state index in [-0.39, 0.29) is 23.7 Å². The van der Waals surface area contributed by atoms with Gasteiger partial charge in [0.2, 0.25) is 0 Å². The number of benzene rings is 3. The summed E-state index contributed by atoms with van der Waals surface area (Å²) < 4.78 is 13.7. The Hall–Kier alpha value is -3.34. The first-order valence-corrected chi connectivity index (χ1v) is 12.8. The third-order valence-electron chi connectivity index (χ3n) is 7.44. The van der Waals surface area contributed by atoms with Gasteiger partial charge in [0.15, 0.2) is 0 Å². The van der Waals surface area contributed by atoms with E-state index in [1.807, 2.05) is 12.1 Å². The zero-order valence-electron chi connectivity index (χ0n) is 20.6. The van der Waals surface area contributed by atoms with Crippen molar-refractivity contribution in [2.75, 3.05) is 29.9 Å². The highest BCUT2D eigenvalue weighted by molar-refractivity contribution is 5.90. The summed E-state index contributed by atoms with van der Waals surface area (Å²) in [7, 11) is 0. The summed E-state index contributed by atoms with van der Waals surface area (Å²) in [4.78, 5) is 15.1. The molecule has 4 nitrogen and oxygen atoms in total. The van der Waals surface area contributed by atoms with Crippen LogP contribution in [-0.4, -0.2) is 25.7 Å². The Morgan fingerprint density at radius 3 is 2.09 bits per heavy atom. The zero-order valence-corrected chi connectivity index (χ0v) is 20.6. The summed E-state index contributed by atoms with van der Waals surface area (Å²) in [5.41, 5.74) is 8.29. The van der Waals surface area contributed by atoms with Gasteiger partial charge in [0.1, 0.15) is 5.82 Å². The summed E-state index contributed by atoms with van der Waals surface area (Å²) >= 11 is 0. The minimum atomic E-state index is -0.216. The molecule has 2 atom stereocenters. The summed E-state index contributed by atoms with van der Waals surface area (Å²) in [6, 6.07) is 19.9. The van der Waals surface area contributed by atoms with Gasteiger partial charge in [-0.25, -0.2) is 9.18 Å². The number of halogens is 1. The summed E-state index contributed by atoms with van der Waals surface area (Å²) in [5.74, 6) is 0.228. The molecule has 0 spiro atoms. The van der Waals surface area contributed by atoms with Crippen molar-refractivity contribution in [1.82, 2.24) is 5.32 Å². The topological polar surface area (TPSA) is 44.4 Å². The molecule has 5 rings (SSSR count). The van der Waals surface area contributed by atoms with Gasteiger partial charge >= 0.3 is 6.03 Å². The Balaban J connectivity index is 1.58. The smallest absolute Gasteiger partial charge is 0.319 e. The van der Waals surface area contributed by atoms with Crippen LogP contribution >= 0.6 is 0 Å². The fraction of sp³-hybridized carbons (Fsp3) is 0.367. The van der Waals surface area contributed by atoms with Crippen LogP contribution in [0.4, 0.5) is 20.6 Å². The van der Waals surface area contributed by atoms with Gasteiger partial charge in [0.25, 0.3) is 0 Å². The van der Waals surface area contributed by atoms with E-state index in [0.717, 1.165) is 50.0 Å². The predicted octanol–water partition coefficient (Wildman–Crippen LogP) is 6.93. The van der Waals surface area contributed by atoms with Crippen molar-refractivity contribution in [3.05, 3.63) is 94.3 Å². The number of hydrogen-bond donors (Lipinski definition) is 2. The Labute approximate surface area is 207 Å². The lowest BCUT2D eigenvalue weighted by atomic mass is 9.76. The standard InChI is InChI=1S/C30H34FN3O/c1-3-4-15-32-30(35)33-24-18-27-25(21-7-5-20(2)6-8-21)13-16-34-17-14-26(28(19-24)29(27)34)22-9-11-23(31)12-10-22/h5-12,18-19,25-26H,3-4,13-17H2,1-2H3,(H2,32,33,35)/t25-,26-/m0/s1. The highest BCUT2D eigenvalue weighted by atomic mass is 19.1. The van der Waals surface area contributed by atoms with E-state index in [4.69, 9.17) is 0 Å². The minimum absolute atomic E-state index is 0.167. The highest BCUT2D eigenvalue weighted by Gasteiger charge is 2.35. The van der Waals surface area contributed by atoms with Gasteiger partial charge in [-0.05, 0) is 72.7 Å². The molecular formula is C30H34FN3O. The maximum atomic E-state index is 13.7. The van der Waals surface area contributed by atoms with Gasteiger partial charge in [-0.3, -0.25) is 0 Å². The number of rotatable bonds is 6. The van der Waals surface area contributed by atoms with Crippen LogP contribution < -0.4 is 15.5 Å². The molecule has 0 bridgehead atoms. The van der Waals surface area contributed by atoms with Crippen molar-refractivity contribution in [1.29, 1.82) is 0 Å². The number of carbonyl (C=O) groups excluding carboxylic acids is 1. The summed E-state index contributed by atoms with van der Waals surface area (Å²) in [6.45, 7) is 6.88. The molecule has 35 heavy (non-hydrogen) atoms. The monoisotopic (exact) mass is 471 g/mol. The lowest BCUT2D eigenvalue weighted by Gasteiger charge is -2.43. The van der Waals surface area contributed by atoms with Crippen LogP contribution in [0.5, 0.6) is 0 Å². The normalized spacial score (nSPS) is 18.7. The number of unbranched alkanes of at least 4 members (excludes halogenated alkanes) is 1. The van der Waals surface area contributed by atoms with Crippen LogP contribution in [0.15, 0.2) is 60.7 Å². The van der Waals surface area contributed by atoms with E-state index in [1.165, 1.54) is 27.9 Å². The van der Waals surface area contributed by atoms with Crippen LogP contribution in [0.3, 0.4) is 0 Å². The second kappa shape index (κ2) is 10.1. The van der Waals surface area contributed by atoms with Crippen molar-refractivity contribution in [2.45, 2.75) is 51.4 Å². The fourth-order valence-corrected chi connectivity index (χ4v) is 5.61. The number of nitrogens with zero attached hydrogens (tertiary/aromatic N) is 1. The van der Waals surface area contributed by atoms with E-state index >= 15 is 0 Å². The first-order chi connectivity index (χ1) is 17.0. The van der Waals surface area contributed by atoms with Gasteiger partial charge in [0, 0.05) is 42.8 Å². The van der Waals surface area contributed by atoms with E-state index in [1.54, 1.807) is 12.1 Å². The van der Waals surface area contributed by atoms with Crippen molar-refractivity contribution in [3.8, 4) is 0 Å². The van der Waals surface area contributed by atoms with E-state index in [9.17, 15) is 9.18 Å². The number of nitrogens with one attached hydrogen (secondary N) is 2. The molecule has 3 aromatic carbocycles. The molecule has 0 saturated carbocycles. The molecular weight excluding hydrogens is 437 g/mol. The van der Waals surface area contributed by atoms with Gasteiger partial charge in [-0.2, -0.15) is 0 Å². The SMILES string of the molecule is CCCCNC(=O)Nc1cc2c3c(c1)[C@H](c1ccc(F)cc1)CCN3CC[C@H]2c1ccc(C)cc1. The largest absolute Gasteiger partial charge is 0.371 e. The third kappa shape index (κ3) is 4.90. The molecule has 0 unspecified atom stereocenters. The van der Waals surface area contributed by atoms with Crippen molar-refractivity contribution in [2.24, 2.45) is 0 Å². The molecule has 2 aliphatic rings. The lowest BCUT2D eigenvalue weighted by molar-refractivity contribution is 0.252. The molecule has 2 heterocycles. The maximum Gasteiger partial charge on any atom is 0.319 e. The number of hydrogen-bond acceptors (Lipinski definition) is 2. The molecule has 2 N–H and O–H groups in total. The van der Waals surface area contributed by atoms with Gasteiger partial charge < -0.3 is 15.5 Å².